The van der Waals surface area contributed by atoms with Crippen LogP contribution in [0, 0.1) is 28.9 Å². The highest BCUT2D eigenvalue weighted by Gasteiger charge is 2.35. The summed E-state index contributed by atoms with van der Waals surface area (Å²) in [4.78, 5) is 6.44. The molecule has 0 amide bonds. The number of halogens is 2. The number of nitrogens with zero attached hydrogens (tertiary/aromatic N) is 5. The van der Waals surface area contributed by atoms with Gasteiger partial charge in [0, 0.05) is 28.8 Å². The van der Waals surface area contributed by atoms with E-state index >= 15 is 4.39 Å². The van der Waals surface area contributed by atoms with Gasteiger partial charge in [-0.1, -0.05) is 17.9 Å². The van der Waals surface area contributed by atoms with Crippen molar-refractivity contribution in [2.75, 3.05) is 18.1 Å². The molecule has 1 aliphatic carbocycles. The Labute approximate surface area is 182 Å². The number of hydrogen-bond acceptors (Lipinski definition) is 5. The average molecular weight is 431 g/mol. The molecule has 160 valence electrons. The number of anilines is 2. The summed E-state index contributed by atoms with van der Waals surface area (Å²) < 4.78 is 37.2. The van der Waals surface area contributed by atoms with Crippen molar-refractivity contribution in [3.63, 3.8) is 0 Å². The summed E-state index contributed by atoms with van der Waals surface area (Å²) >= 11 is 0. The van der Waals surface area contributed by atoms with Gasteiger partial charge < -0.3 is 9.64 Å². The fourth-order valence-corrected chi connectivity index (χ4v) is 4.10. The molecule has 0 unspecified atom stereocenters. The normalized spacial score (nSPS) is 17.0. The van der Waals surface area contributed by atoms with Gasteiger partial charge in [-0.05, 0) is 44.0 Å². The Hall–Kier alpha value is -3.57. The van der Waals surface area contributed by atoms with E-state index in [0.29, 0.717) is 19.8 Å². The largest absolute Gasteiger partial charge is 0.375 e. The standard InChI is InChI=1S/C24H19F2N5O/c1-24(9-10-24)8-7-15-3-2-4-19-16(15)13-32-12-11-30(19)22-20-17(25)5-6-18(26)21(20)31-14-27-29-23(31)28-22/h2-6,14H,9-13H2,1H3. The quantitative estimate of drug-likeness (QED) is 0.419. The van der Waals surface area contributed by atoms with Gasteiger partial charge in [-0.3, -0.25) is 4.40 Å². The fourth-order valence-electron chi connectivity index (χ4n) is 4.10. The maximum Gasteiger partial charge on any atom is 0.257 e. The molecule has 6 nitrogen and oxygen atoms in total. The molecule has 0 spiro atoms. The summed E-state index contributed by atoms with van der Waals surface area (Å²) in [5.41, 5.74) is 2.75. The molecule has 0 bridgehead atoms. The van der Waals surface area contributed by atoms with Crippen LogP contribution >= 0.6 is 0 Å². The molecular weight excluding hydrogens is 412 g/mol. The third-order valence-electron chi connectivity index (χ3n) is 6.18. The molecule has 1 saturated carbocycles. The maximum absolute atomic E-state index is 15.1. The van der Waals surface area contributed by atoms with Crippen LogP contribution in [0.4, 0.5) is 20.3 Å². The van der Waals surface area contributed by atoms with Gasteiger partial charge in [-0.2, -0.15) is 4.98 Å². The molecule has 2 aromatic carbocycles. The summed E-state index contributed by atoms with van der Waals surface area (Å²) in [5.74, 6) is 6.03. The van der Waals surface area contributed by atoms with E-state index in [1.54, 1.807) is 0 Å². The van der Waals surface area contributed by atoms with Crippen molar-refractivity contribution in [2.24, 2.45) is 5.41 Å². The Bertz CT molecular complexity index is 1450. The van der Waals surface area contributed by atoms with Crippen LogP contribution < -0.4 is 4.90 Å². The van der Waals surface area contributed by atoms with Crippen LogP contribution in [-0.2, 0) is 11.3 Å². The van der Waals surface area contributed by atoms with Crippen LogP contribution in [0.25, 0.3) is 16.7 Å². The summed E-state index contributed by atoms with van der Waals surface area (Å²) in [6.45, 7) is 3.36. The van der Waals surface area contributed by atoms with Gasteiger partial charge in [0.25, 0.3) is 5.78 Å². The molecule has 3 heterocycles. The van der Waals surface area contributed by atoms with Gasteiger partial charge in [-0.15, -0.1) is 10.2 Å². The molecule has 2 aromatic heterocycles. The lowest BCUT2D eigenvalue weighted by Gasteiger charge is -2.25. The van der Waals surface area contributed by atoms with Crippen molar-refractivity contribution in [1.82, 2.24) is 19.6 Å². The SMILES string of the molecule is CC1(C#Cc2cccc3c2COCCN3c2nc3nncn3c3c(F)ccc(F)c23)CC1. The smallest absolute Gasteiger partial charge is 0.257 e. The van der Waals surface area contributed by atoms with Crippen molar-refractivity contribution in [2.45, 2.75) is 26.4 Å². The second-order valence-corrected chi connectivity index (χ2v) is 8.51. The van der Waals surface area contributed by atoms with Gasteiger partial charge in [0.1, 0.15) is 23.8 Å². The number of benzene rings is 2. The molecule has 0 N–H and O–H groups in total. The molecule has 32 heavy (non-hydrogen) atoms. The molecule has 1 aliphatic heterocycles. The number of hydrogen-bond donors (Lipinski definition) is 0. The van der Waals surface area contributed by atoms with Gasteiger partial charge in [0.15, 0.2) is 0 Å². The lowest BCUT2D eigenvalue weighted by Crippen LogP contribution is -2.23. The van der Waals surface area contributed by atoms with E-state index in [2.05, 4.69) is 33.9 Å². The predicted molar refractivity (Wildman–Crippen MR) is 116 cm³/mol. The first-order valence-corrected chi connectivity index (χ1v) is 10.5. The van der Waals surface area contributed by atoms with Crippen molar-refractivity contribution in [3.05, 3.63) is 59.4 Å². The average Bonchev–Trinajstić information content (AvgIpc) is 3.41. The van der Waals surface area contributed by atoms with E-state index in [1.165, 1.54) is 10.7 Å². The first-order valence-electron chi connectivity index (χ1n) is 10.5. The minimum absolute atomic E-state index is 0.0549. The molecule has 0 atom stereocenters. The van der Waals surface area contributed by atoms with E-state index in [4.69, 9.17) is 4.74 Å². The first kappa shape index (κ1) is 19.1. The van der Waals surface area contributed by atoms with Gasteiger partial charge >= 0.3 is 0 Å². The first-order chi connectivity index (χ1) is 15.5. The zero-order chi connectivity index (χ0) is 21.9. The summed E-state index contributed by atoms with van der Waals surface area (Å²) in [5, 5.41) is 7.90. The lowest BCUT2D eigenvalue weighted by atomic mass is 10.0. The Morgan fingerprint density at radius 2 is 1.97 bits per heavy atom. The van der Waals surface area contributed by atoms with Crippen molar-refractivity contribution in [3.8, 4) is 11.8 Å². The van der Waals surface area contributed by atoms with Gasteiger partial charge in [0.2, 0.25) is 0 Å². The zero-order valence-electron chi connectivity index (χ0n) is 17.4. The van der Waals surface area contributed by atoms with Crippen LogP contribution in [0.5, 0.6) is 0 Å². The molecule has 0 saturated heterocycles. The number of ether oxygens (including phenoxy) is 1. The highest BCUT2D eigenvalue weighted by Crippen LogP contribution is 2.44. The fraction of sp³-hybridized carbons (Fsp3) is 0.292. The lowest BCUT2D eigenvalue weighted by molar-refractivity contribution is 0.133. The van der Waals surface area contributed by atoms with Gasteiger partial charge in [0.05, 0.1) is 24.1 Å². The van der Waals surface area contributed by atoms with E-state index < -0.39 is 11.6 Å². The molecule has 0 radical (unpaired) electrons. The molecule has 1 fully saturated rings. The number of fused-ring (bicyclic) bond motifs is 4. The summed E-state index contributed by atoms with van der Waals surface area (Å²) in [6, 6.07) is 8.05. The van der Waals surface area contributed by atoms with E-state index in [9.17, 15) is 4.39 Å². The molecular formula is C24H19F2N5O. The molecule has 8 heteroatoms. The molecule has 6 rings (SSSR count). The third-order valence-corrected chi connectivity index (χ3v) is 6.18. The Morgan fingerprint density at radius 3 is 2.81 bits per heavy atom. The second-order valence-electron chi connectivity index (χ2n) is 8.51. The van der Waals surface area contributed by atoms with Crippen molar-refractivity contribution >= 4 is 28.2 Å². The highest BCUT2D eigenvalue weighted by atomic mass is 19.1. The van der Waals surface area contributed by atoms with E-state index in [0.717, 1.165) is 41.8 Å². The van der Waals surface area contributed by atoms with Crippen molar-refractivity contribution < 1.29 is 13.5 Å². The predicted octanol–water partition coefficient (Wildman–Crippen LogP) is 4.38. The Morgan fingerprint density at radius 1 is 1.12 bits per heavy atom. The van der Waals surface area contributed by atoms with Crippen LogP contribution in [0.2, 0.25) is 0 Å². The summed E-state index contributed by atoms with van der Waals surface area (Å²) in [7, 11) is 0. The highest BCUT2D eigenvalue weighted by molar-refractivity contribution is 5.94. The molecule has 4 aromatic rings. The number of rotatable bonds is 1. The molecule has 2 aliphatic rings. The van der Waals surface area contributed by atoms with Crippen LogP contribution in [0.15, 0.2) is 36.7 Å². The van der Waals surface area contributed by atoms with Crippen LogP contribution in [-0.4, -0.2) is 32.7 Å². The van der Waals surface area contributed by atoms with Crippen molar-refractivity contribution in [1.29, 1.82) is 0 Å². The zero-order valence-corrected chi connectivity index (χ0v) is 17.4. The van der Waals surface area contributed by atoms with Crippen LogP contribution in [0.1, 0.15) is 30.9 Å². The Balaban J connectivity index is 1.60. The number of aromatic nitrogens is 4. The maximum atomic E-state index is 15.1. The van der Waals surface area contributed by atoms with E-state index in [1.807, 2.05) is 23.1 Å². The minimum atomic E-state index is -0.571. The monoisotopic (exact) mass is 431 g/mol. The topological polar surface area (TPSA) is 55.5 Å². The Kier molecular flexibility index (Phi) is 4.17. The van der Waals surface area contributed by atoms with Gasteiger partial charge in [-0.25, -0.2) is 8.78 Å². The summed E-state index contributed by atoms with van der Waals surface area (Å²) in [6.07, 6.45) is 3.55. The second kappa shape index (κ2) is 6.97. The van der Waals surface area contributed by atoms with Crippen LogP contribution in [0.3, 0.4) is 0 Å². The minimum Gasteiger partial charge on any atom is -0.375 e. The third kappa shape index (κ3) is 3.00. The van der Waals surface area contributed by atoms with E-state index in [-0.39, 0.29) is 27.9 Å².